The number of thioether (sulfide) groups is 1. The average Bonchev–Trinajstić information content (AvgIpc) is 2.92. The lowest BCUT2D eigenvalue weighted by Gasteiger charge is -2.11. The number of benzene rings is 1. The molecule has 1 atom stereocenters. The minimum absolute atomic E-state index is 0.00295. The second kappa shape index (κ2) is 6.77. The maximum Gasteiger partial charge on any atom is 0.230 e. The summed E-state index contributed by atoms with van der Waals surface area (Å²) in [4.78, 5) is 20.0. The SMILES string of the molecule is CC(NC(=O)CSc1ccc(Br)cc1)c1ncc[nH]1. The Labute approximate surface area is 124 Å². The van der Waals surface area contributed by atoms with E-state index in [9.17, 15) is 4.79 Å². The number of carbonyl (C=O) groups excluding carboxylic acids is 1. The number of imidazole rings is 1. The van der Waals surface area contributed by atoms with Crippen LogP contribution in [0.3, 0.4) is 0 Å². The van der Waals surface area contributed by atoms with E-state index in [0.717, 1.165) is 15.2 Å². The van der Waals surface area contributed by atoms with Crippen LogP contribution in [-0.2, 0) is 4.79 Å². The molecule has 1 aromatic heterocycles. The Morgan fingerprint density at radius 2 is 2.21 bits per heavy atom. The second-order valence-electron chi connectivity index (χ2n) is 4.01. The summed E-state index contributed by atoms with van der Waals surface area (Å²) in [5.41, 5.74) is 0. The van der Waals surface area contributed by atoms with Crippen molar-refractivity contribution in [3.8, 4) is 0 Å². The van der Waals surface area contributed by atoms with Crippen LogP contribution in [0, 0.1) is 0 Å². The predicted molar refractivity (Wildman–Crippen MR) is 80.0 cm³/mol. The Morgan fingerprint density at radius 1 is 1.47 bits per heavy atom. The van der Waals surface area contributed by atoms with E-state index in [1.807, 2.05) is 31.2 Å². The van der Waals surface area contributed by atoms with Crippen molar-refractivity contribution < 1.29 is 4.79 Å². The first-order valence-electron chi connectivity index (χ1n) is 5.82. The molecule has 2 rings (SSSR count). The van der Waals surface area contributed by atoms with Gasteiger partial charge in [0.1, 0.15) is 5.82 Å². The molecule has 0 aliphatic rings. The molecule has 2 N–H and O–H groups in total. The number of H-pyrrole nitrogens is 1. The smallest absolute Gasteiger partial charge is 0.230 e. The Bertz CT molecular complexity index is 527. The lowest BCUT2D eigenvalue weighted by Crippen LogP contribution is -2.28. The number of nitrogens with zero attached hydrogens (tertiary/aromatic N) is 1. The van der Waals surface area contributed by atoms with Crippen molar-refractivity contribution in [1.82, 2.24) is 15.3 Å². The Balaban J connectivity index is 1.80. The number of hydrogen-bond acceptors (Lipinski definition) is 3. The lowest BCUT2D eigenvalue weighted by molar-refractivity contribution is -0.119. The van der Waals surface area contributed by atoms with E-state index < -0.39 is 0 Å². The third-order valence-corrected chi connectivity index (χ3v) is 4.03. The lowest BCUT2D eigenvalue weighted by atomic mass is 10.3. The van der Waals surface area contributed by atoms with Crippen molar-refractivity contribution in [1.29, 1.82) is 0 Å². The molecule has 4 nitrogen and oxygen atoms in total. The Hall–Kier alpha value is -1.27. The molecule has 0 saturated heterocycles. The van der Waals surface area contributed by atoms with Gasteiger partial charge in [0, 0.05) is 21.8 Å². The van der Waals surface area contributed by atoms with Crippen LogP contribution in [0.25, 0.3) is 0 Å². The van der Waals surface area contributed by atoms with Gasteiger partial charge in [0.25, 0.3) is 0 Å². The molecule has 0 radical (unpaired) electrons. The molecule has 0 bridgehead atoms. The zero-order valence-electron chi connectivity index (χ0n) is 10.4. The first-order valence-corrected chi connectivity index (χ1v) is 7.60. The molecular formula is C13H14BrN3OS. The van der Waals surface area contributed by atoms with E-state index in [2.05, 4.69) is 31.2 Å². The standard InChI is InChI=1S/C13H14BrN3OS/c1-9(13-15-6-7-16-13)17-12(18)8-19-11-4-2-10(14)3-5-11/h2-7,9H,8H2,1H3,(H,15,16)(H,17,18). The molecule has 0 aliphatic heterocycles. The normalized spacial score (nSPS) is 12.1. The van der Waals surface area contributed by atoms with E-state index in [1.54, 1.807) is 12.4 Å². The summed E-state index contributed by atoms with van der Waals surface area (Å²) in [5, 5.41) is 2.90. The van der Waals surface area contributed by atoms with Gasteiger partial charge < -0.3 is 10.3 Å². The van der Waals surface area contributed by atoms with Gasteiger partial charge in [-0.15, -0.1) is 11.8 Å². The van der Waals surface area contributed by atoms with Crippen LogP contribution in [-0.4, -0.2) is 21.6 Å². The fourth-order valence-electron chi connectivity index (χ4n) is 1.55. The minimum Gasteiger partial charge on any atom is -0.347 e. The highest BCUT2D eigenvalue weighted by atomic mass is 79.9. The van der Waals surface area contributed by atoms with E-state index in [1.165, 1.54) is 11.8 Å². The number of nitrogens with one attached hydrogen (secondary N) is 2. The maximum atomic E-state index is 11.8. The second-order valence-corrected chi connectivity index (χ2v) is 5.97. The average molecular weight is 340 g/mol. The zero-order chi connectivity index (χ0) is 13.7. The molecule has 0 spiro atoms. The number of aromatic nitrogens is 2. The number of hydrogen-bond donors (Lipinski definition) is 2. The number of halogens is 1. The van der Waals surface area contributed by atoms with E-state index >= 15 is 0 Å². The fraction of sp³-hybridized carbons (Fsp3) is 0.231. The first-order chi connectivity index (χ1) is 9.15. The number of aromatic amines is 1. The molecule has 100 valence electrons. The van der Waals surface area contributed by atoms with Crippen molar-refractivity contribution in [3.05, 3.63) is 47.0 Å². The maximum absolute atomic E-state index is 11.8. The van der Waals surface area contributed by atoms with Crippen LogP contribution in [0.4, 0.5) is 0 Å². The van der Waals surface area contributed by atoms with Gasteiger partial charge in [0.2, 0.25) is 5.91 Å². The molecule has 0 aliphatic carbocycles. The fourth-order valence-corrected chi connectivity index (χ4v) is 2.52. The molecule has 6 heteroatoms. The summed E-state index contributed by atoms with van der Waals surface area (Å²) < 4.78 is 1.03. The van der Waals surface area contributed by atoms with Gasteiger partial charge in [-0.1, -0.05) is 15.9 Å². The predicted octanol–water partition coefficient (Wildman–Crippen LogP) is 3.14. The third-order valence-electron chi connectivity index (χ3n) is 2.49. The van der Waals surface area contributed by atoms with E-state index in [-0.39, 0.29) is 11.9 Å². The van der Waals surface area contributed by atoms with Gasteiger partial charge in [0.15, 0.2) is 0 Å². The zero-order valence-corrected chi connectivity index (χ0v) is 12.8. The molecular weight excluding hydrogens is 326 g/mol. The molecule has 1 amide bonds. The van der Waals surface area contributed by atoms with Gasteiger partial charge >= 0.3 is 0 Å². The number of amides is 1. The third kappa shape index (κ3) is 4.40. The summed E-state index contributed by atoms with van der Waals surface area (Å²) in [6.45, 7) is 1.90. The number of carbonyl (C=O) groups is 1. The van der Waals surface area contributed by atoms with Crippen molar-refractivity contribution >= 4 is 33.6 Å². The van der Waals surface area contributed by atoms with E-state index in [0.29, 0.717) is 5.75 Å². The van der Waals surface area contributed by atoms with Gasteiger partial charge in [-0.05, 0) is 31.2 Å². The van der Waals surface area contributed by atoms with Gasteiger partial charge in [-0.2, -0.15) is 0 Å². The molecule has 1 unspecified atom stereocenters. The number of rotatable bonds is 5. The molecule has 0 fully saturated rings. The molecule has 1 heterocycles. The van der Waals surface area contributed by atoms with Crippen LogP contribution in [0.5, 0.6) is 0 Å². The van der Waals surface area contributed by atoms with Crippen molar-refractivity contribution in [2.75, 3.05) is 5.75 Å². The largest absolute Gasteiger partial charge is 0.347 e. The highest BCUT2D eigenvalue weighted by molar-refractivity contribution is 9.10. The van der Waals surface area contributed by atoms with Crippen LogP contribution in [0.1, 0.15) is 18.8 Å². The minimum atomic E-state index is -0.104. The van der Waals surface area contributed by atoms with Gasteiger partial charge in [-0.3, -0.25) is 4.79 Å². The monoisotopic (exact) mass is 339 g/mol. The summed E-state index contributed by atoms with van der Waals surface area (Å²) in [5.74, 6) is 1.16. The molecule has 0 saturated carbocycles. The highest BCUT2D eigenvalue weighted by Crippen LogP contribution is 2.20. The summed E-state index contributed by atoms with van der Waals surface area (Å²) >= 11 is 4.89. The van der Waals surface area contributed by atoms with Crippen LogP contribution in [0.15, 0.2) is 46.0 Å². The molecule has 1 aromatic carbocycles. The summed E-state index contributed by atoms with van der Waals surface area (Å²) in [6, 6.07) is 7.79. The van der Waals surface area contributed by atoms with Crippen LogP contribution in [0.2, 0.25) is 0 Å². The quantitative estimate of drug-likeness (QED) is 0.822. The van der Waals surface area contributed by atoms with Crippen molar-refractivity contribution in [2.24, 2.45) is 0 Å². The van der Waals surface area contributed by atoms with E-state index in [4.69, 9.17) is 0 Å². The Morgan fingerprint density at radius 3 is 2.84 bits per heavy atom. The Kier molecular flexibility index (Phi) is 5.04. The first kappa shape index (κ1) is 14.1. The molecule has 19 heavy (non-hydrogen) atoms. The summed E-state index contributed by atoms with van der Waals surface area (Å²) in [7, 11) is 0. The van der Waals surface area contributed by atoms with Crippen LogP contribution < -0.4 is 5.32 Å². The van der Waals surface area contributed by atoms with Gasteiger partial charge in [0.05, 0.1) is 11.8 Å². The molecule has 2 aromatic rings. The van der Waals surface area contributed by atoms with Gasteiger partial charge in [-0.25, -0.2) is 4.98 Å². The highest BCUT2D eigenvalue weighted by Gasteiger charge is 2.11. The topological polar surface area (TPSA) is 57.8 Å². The summed E-state index contributed by atoms with van der Waals surface area (Å²) in [6.07, 6.45) is 3.42. The van der Waals surface area contributed by atoms with Crippen molar-refractivity contribution in [2.45, 2.75) is 17.9 Å². The van der Waals surface area contributed by atoms with Crippen molar-refractivity contribution in [3.63, 3.8) is 0 Å². The van der Waals surface area contributed by atoms with Crippen LogP contribution >= 0.6 is 27.7 Å².